The van der Waals surface area contributed by atoms with E-state index in [-0.39, 0.29) is 18.0 Å². The van der Waals surface area contributed by atoms with Crippen molar-refractivity contribution in [2.75, 3.05) is 11.4 Å². The molecule has 3 amide bonds. The molecule has 25 heavy (non-hydrogen) atoms. The van der Waals surface area contributed by atoms with Gasteiger partial charge >= 0.3 is 6.03 Å². The number of imidazole rings is 1. The Kier molecular flexibility index (Phi) is 5.02. The van der Waals surface area contributed by atoms with Gasteiger partial charge in [-0.1, -0.05) is 17.7 Å². The molecule has 0 bridgehead atoms. The number of carbonyl (C=O) groups excluding carboxylic acids is 2. The molecule has 0 aliphatic carbocycles. The largest absolute Gasteiger partial charge is 0.335 e. The first-order valence-electron chi connectivity index (χ1n) is 8.44. The van der Waals surface area contributed by atoms with E-state index in [0.29, 0.717) is 19.5 Å². The third-order valence-corrected chi connectivity index (χ3v) is 4.28. The van der Waals surface area contributed by atoms with Crippen LogP contribution in [0.25, 0.3) is 0 Å². The second-order valence-electron chi connectivity index (χ2n) is 6.45. The molecular weight excluding hydrogens is 318 g/mol. The number of carbonyl (C=O) groups is 2. The van der Waals surface area contributed by atoms with E-state index in [1.807, 2.05) is 48.9 Å². The Labute approximate surface area is 147 Å². The van der Waals surface area contributed by atoms with Gasteiger partial charge in [-0.2, -0.15) is 0 Å². The molecule has 1 aromatic carbocycles. The molecule has 2 heterocycles. The van der Waals surface area contributed by atoms with Gasteiger partial charge in [0.2, 0.25) is 5.91 Å². The summed E-state index contributed by atoms with van der Waals surface area (Å²) < 4.78 is 1.89. The zero-order valence-electron chi connectivity index (χ0n) is 14.5. The summed E-state index contributed by atoms with van der Waals surface area (Å²) >= 11 is 0. The van der Waals surface area contributed by atoms with E-state index in [1.165, 1.54) is 0 Å². The van der Waals surface area contributed by atoms with Crippen molar-refractivity contribution >= 4 is 17.6 Å². The number of aryl methyl sites for hydroxylation is 1. The van der Waals surface area contributed by atoms with E-state index < -0.39 is 6.04 Å². The van der Waals surface area contributed by atoms with Crippen LogP contribution >= 0.6 is 0 Å². The highest BCUT2D eigenvalue weighted by Crippen LogP contribution is 2.21. The second kappa shape index (κ2) is 7.38. The Bertz CT molecular complexity index is 726. The van der Waals surface area contributed by atoms with Crippen molar-refractivity contribution in [3.05, 3.63) is 48.5 Å². The first-order valence-corrected chi connectivity index (χ1v) is 8.44. The zero-order valence-corrected chi connectivity index (χ0v) is 14.5. The van der Waals surface area contributed by atoms with E-state index in [9.17, 15) is 9.59 Å². The van der Waals surface area contributed by atoms with Crippen molar-refractivity contribution in [3.8, 4) is 0 Å². The number of anilines is 1. The van der Waals surface area contributed by atoms with Crippen molar-refractivity contribution in [3.63, 3.8) is 0 Å². The number of nitrogens with zero attached hydrogens (tertiary/aromatic N) is 3. The first-order chi connectivity index (χ1) is 12.0. The summed E-state index contributed by atoms with van der Waals surface area (Å²) in [4.78, 5) is 30.4. The number of nitrogens with one attached hydrogen (secondary N) is 2. The maximum atomic E-state index is 12.5. The molecule has 1 fully saturated rings. The Morgan fingerprint density at radius 2 is 2.12 bits per heavy atom. The van der Waals surface area contributed by atoms with E-state index in [1.54, 1.807) is 17.4 Å². The molecule has 3 rings (SSSR count). The molecule has 132 valence electrons. The maximum Gasteiger partial charge on any atom is 0.315 e. The predicted octanol–water partition coefficient (Wildman–Crippen LogP) is 1.68. The van der Waals surface area contributed by atoms with Gasteiger partial charge in [-0.25, -0.2) is 9.78 Å². The van der Waals surface area contributed by atoms with Crippen LogP contribution in [0.2, 0.25) is 0 Å². The lowest BCUT2D eigenvalue weighted by Crippen LogP contribution is -2.49. The van der Waals surface area contributed by atoms with Gasteiger partial charge in [0.05, 0.1) is 6.33 Å². The maximum absolute atomic E-state index is 12.5. The van der Waals surface area contributed by atoms with Gasteiger partial charge in [-0.15, -0.1) is 0 Å². The lowest BCUT2D eigenvalue weighted by atomic mass is 10.2. The minimum Gasteiger partial charge on any atom is -0.335 e. The zero-order chi connectivity index (χ0) is 17.8. The number of amides is 3. The Hall–Kier alpha value is -2.83. The lowest BCUT2D eigenvalue weighted by molar-refractivity contribution is -0.118. The summed E-state index contributed by atoms with van der Waals surface area (Å²) in [7, 11) is 0. The average molecular weight is 341 g/mol. The lowest BCUT2D eigenvalue weighted by Gasteiger charge is -2.19. The molecule has 7 heteroatoms. The van der Waals surface area contributed by atoms with Gasteiger partial charge in [0.1, 0.15) is 6.04 Å². The van der Waals surface area contributed by atoms with E-state index in [2.05, 4.69) is 15.6 Å². The summed E-state index contributed by atoms with van der Waals surface area (Å²) in [6.07, 6.45) is 5.85. The van der Waals surface area contributed by atoms with E-state index in [4.69, 9.17) is 0 Å². The third kappa shape index (κ3) is 4.17. The molecule has 2 atom stereocenters. The normalized spacial score (nSPS) is 18.2. The highest BCUT2D eigenvalue weighted by Gasteiger charge is 2.33. The van der Waals surface area contributed by atoms with Crippen molar-refractivity contribution in [1.29, 1.82) is 0 Å². The van der Waals surface area contributed by atoms with Crippen LogP contribution in [0.5, 0.6) is 0 Å². The molecule has 2 N–H and O–H groups in total. The van der Waals surface area contributed by atoms with Crippen LogP contribution in [0.1, 0.15) is 18.9 Å². The van der Waals surface area contributed by atoms with Gasteiger partial charge < -0.3 is 20.1 Å². The molecule has 0 spiro atoms. The number of rotatable bonds is 5. The summed E-state index contributed by atoms with van der Waals surface area (Å²) in [5.41, 5.74) is 2.02. The van der Waals surface area contributed by atoms with Crippen molar-refractivity contribution in [1.82, 2.24) is 20.2 Å². The predicted molar refractivity (Wildman–Crippen MR) is 95.3 cm³/mol. The van der Waals surface area contributed by atoms with E-state index in [0.717, 1.165) is 11.3 Å². The minimum absolute atomic E-state index is 0.0683. The molecule has 0 radical (unpaired) electrons. The van der Waals surface area contributed by atoms with Gasteiger partial charge in [0.15, 0.2) is 0 Å². The molecule has 1 aliphatic rings. The molecular formula is C18H23N5O2. The third-order valence-electron chi connectivity index (χ3n) is 4.28. The molecule has 1 aromatic heterocycles. The number of aromatic nitrogens is 2. The average Bonchev–Trinajstić information content (AvgIpc) is 3.19. The Morgan fingerprint density at radius 3 is 2.80 bits per heavy atom. The highest BCUT2D eigenvalue weighted by atomic mass is 16.2. The molecule has 1 saturated heterocycles. The molecule has 2 unspecified atom stereocenters. The van der Waals surface area contributed by atoms with Crippen molar-refractivity contribution in [2.24, 2.45) is 0 Å². The highest BCUT2D eigenvalue weighted by molar-refractivity contribution is 6.01. The summed E-state index contributed by atoms with van der Waals surface area (Å²) in [5.74, 6) is -0.0683. The van der Waals surface area contributed by atoms with Crippen LogP contribution in [0.15, 0.2) is 43.0 Å². The summed E-state index contributed by atoms with van der Waals surface area (Å²) in [6.45, 7) is 5.16. The van der Waals surface area contributed by atoms with Crippen molar-refractivity contribution in [2.45, 2.75) is 38.9 Å². The van der Waals surface area contributed by atoms with Gasteiger partial charge in [-0.05, 0) is 32.4 Å². The number of urea groups is 1. The standard InChI is InChI=1S/C18H23N5O2/c1-13-3-5-15(6-4-13)23-9-7-16(17(23)24)21-18(25)20-14(2)11-22-10-8-19-12-22/h3-6,8,10,12,14,16H,7,9,11H2,1-2H3,(H2,20,21,25). The van der Waals surface area contributed by atoms with Crippen LogP contribution in [0.4, 0.5) is 10.5 Å². The number of benzene rings is 1. The SMILES string of the molecule is Cc1ccc(N2CCC(NC(=O)NC(C)Cn3ccnc3)C2=O)cc1. The van der Waals surface area contributed by atoms with Crippen LogP contribution in [-0.2, 0) is 11.3 Å². The van der Waals surface area contributed by atoms with E-state index >= 15 is 0 Å². The van der Waals surface area contributed by atoms with Gasteiger partial charge in [0.25, 0.3) is 0 Å². The molecule has 7 nitrogen and oxygen atoms in total. The van der Waals surface area contributed by atoms with Crippen LogP contribution in [0, 0.1) is 6.92 Å². The van der Waals surface area contributed by atoms with Crippen molar-refractivity contribution < 1.29 is 9.59 Å². The quantitative estimate of drug-likeness (QED) is 0.868. The summed E-state index contributed by atoms with van der Waals surface area (Å²) in [5, 5.41) is 5.64. The van der Waals surface area contributed by atoms with Crippen LogP contribution in [-0.4, -0.2) is 40.1 Å². The topological polar surface area (TPSA) is 79.3 Å². The molecule has 0 saturated carbocycles. The Balaban J connectivity index is 1.52. The van der Waals surface area contributed by atoms with Crippen LogP contribution in [0.3, 0.4) is 0 Å². The van der Waals surface area contributed by atoms with Crippen LogP contribution < -0.4 is 15.5 Å². The molecule has 1 aliphatic heterocycles. The fourth-order valence-electron chi connectivity index (χ4n) is 2.98. The molecule has 2 aromatic rings. The number of hydrogen-bond acceptors (Lipinski definition) is 3. The minimum atomic E-state index is -0.484. The smallest absolute Gasteiger partial charge is 0.315 e. The fraction of sp³-hybridized carbons (Fsp3) is 0.389. The monoisotopic (exact) mass is 341 g/mol. The fourth-order valence-corrected chi connectivity index (χ4v) is 2.98. The Morgan fingerprint density at radius 1 is 1.36 bits per heavy atom. The second-order valence-corrected chi connectivity index (χ2v) is 6.45. The summed E-state index contributed by atoms with van der Waals surface area (Å²) in [6, 6.07) is 6.95. The first kappa shape index (κ1) is 17.0. The van der Waals surface area contributed by atoms with Gasteiger partial charge in [-0.3, -0.25) is 4.79 Å². The van der Waals surface area contributed by atoms with Gasteiger partial charge in [0, 0.05) is 37.2 Å². The number of hydrogen-bond donors (Lipinski definition) is 2.